The van der Waals surface area contributed by atoms with Crippen LogP contribution in [0.4, 0.5) is 5.69 Å². The number of rotatable bonds is 5. The zero-order valence-corrected chi connectivity index (χ0v) is 12.1. The molecule has 1 atom stereocenters. The van der Waals surface area contributed by atoms with E-state index in [-0.39, 0.29) is 0 Å². The first kappa shape index (κ1) is 13.7. The van der Waals surface area contributed by atoms with Gasteiger partial charge in [-0.1, -0.05) is 31.0 Å². The summed E-state index contributed by atoms with van der Waals surface area (Å²) < 4.78 is 0. The quantitative estimate of drug-likeness (QED) is 0.875. The van der Waals surface area contributed by atoms with Crippen molar-refractivity contribution >= 4 is 17.3 Å². The molecule has 3 heteroatoms. The predicted molar refractivity (Wildman–Crippen MR) is 79.4 cm³/mol. The molecule has 1 aliphatic rings. The number of hydrogen-bond donors (Lipinski definition) is 1. The predicted octanol–water partition coefficient (Wildman–Crippen LogP) is 3.69. The summed E-state index contributed by atoms with van der Waals surface area (Å²) in [5, 5.41) is 4.02. The van der Waals surface area contributed by atoms with Crippen LogP contribution in [0.1, 0.15) is 31.7 Å². The number of halogens is 1. The van der Waals surface area contributed by atoms with E-state index in [1.165, 1.54) is 43.6 Å². The van der Waals surface area contributed by atoms with E-state index in [1.807, 2.05) is 7.05 Å². The Labute approximate surface area is 115 Å². The van der Waals surface area contributed by atoms with E-state index in [4.69, 9.17) is 11.6 Å². The summed E-state index contributed by atoms with van der Waals surface area (Å²) in [5.41, 5.74) is 2.45. The van der Waals surface area contributed by atoms with Crippen LogP contribution in [0.25, 0.3) is 0 Å². The number of anilines is 1. The molecule has 1 N–H and O–H groups in total. The second kappa shape index (κ2) is 6.44. The normalized spacial score (nSPS) is 19.5. The van der Waals surface area contributed by atoms with Crippen LogP contribution >= 0.6 is 11.6 Å². The zero-order valence-electron chi connectivity index (χ0n) is 11.4. The molecule has 1 fully saturated rings. The zero-order chi connectivity index (χ0) is 13.0. The van der Waals surface area contributed by atoms with Gasteiger partial charge in [-0.3, -0.25) is 0 Å². The van der Waals surface area contributed by atoms with E-state index in [0.717, 1.165) is 17.5 Å². The summed E-state index contributed by atoms with van der Waals surface area (Å²) in [4.78, 5) is 2.47. The molecule has 0 saturated carbocycles. The average Bonchev–Trinajstić information content (AvgIpc) is 2.81. The molecule has 0 aliphatic carbocycles. The van der Waals surface area contributed by atoms with Crippen molar-refractivity contribution in [1.82, 2.24) is 5.32 Å². The van der Waals surface area contributed by atoms with Crippen molar-refractivity contribution < 1.29 is 0 Å². The van der Waals surface area contributed by atoms with Gasteiger partial charge in [-0.05, 0) is 43.5 Å². The van der Waals surface area contributed by atoms with Gasteiger partial charge in [-0.15, -0.1) is 0 Å². The highest BCUT2D eigenvalue weighted by Crippen LogP contribution is 2.29. The number of hydrogen-bond acceptors (Lipinski definition) is 2. The fourth-order valence-electron chi connectivity index (χ4n) is 2.78. The minimum atomic E-state index is 0.831. The minimum absolute atomic E-state index is 0.831. The number of benzene rings is 1. The standard InChI is InChI=1S/C15H23ClN2/c1-3-4-12-7-8-18(11-12)14-6-5-13(10-17-2)15(16)9-14/h5-6,9,12,17H,3-4,7-8,10-11H2,1-2H3. The van der Waals surface area contributed by atoms with Gasteiger partial charge in [0.1, 0.15) is 0 Å². The Balaban J connectivity index is 2.04. The third-order valence-electron chi connectivity index (χ3n) is 3.75. The minimum Gasteiger partial charge on any atom is -0.371 e. The van der Waals surface area contributed by atoms with Crippen molar-refractivity contribution in [3.05, 3.63) is 28.8 Å². The molecule has 0 radical (unpaired) electrons. The molecule has 1 aromatic carbocycles. The molecule has 100 valence electrons. The van der Waals surface area contributed by atoms with Crippen molar-refractivity contribution in [2.75, 3.05) is 25.0 Å². The molecule has 1 unspecified atom stereocenters. The van der Waals surface area contributed by atoms with Crippen LogP contribution in [-0.4, -0.2) is 20.1 Å². The van der Waals surface area contributed by atoms with Crippen LogP contribution in [-0.2, 0) is 6.54 Å². The molecule has 1 aliphatic heterocycles. The largest absolute Gasteiger partial charge is 0.371 e. The lowest BCUT2D eigenvalue weighted by Crippen LogP contribution is -2.19. The molecular weight excluding hydrogens is 244 g/mol. The van der Waals surface area contributed by atoms with Crippen molar-refractivity contribution in [1.29, 1.82) is 0 Å². The molecule has 0 amide bonds. The Bertz CT molecular complexity index is 392. The lowest BCUT2D eigenvalue weighted by Gasteiger charge is -2.19. The molecule has 0 aromatic heterocycles. The second-order valence-electron chi connectivity index (χ2n) is 5.20. The summed E-state index contributed by atoms with van der Waals surface area (Å²) in [7, 11) is 1.94. The van der Waals surface area contributed by atoms with Gasteiger partial charge in [-0.2, -0.15) is 0 Å². The molecule has 0 bridgehead atoms. The molecular formula is C15H23ClN2. The highest BCUT2D eigenvalue weighted by molar-refractivity contribution is 6.31. The third kappa shape index (κ3) is 3.18. The van der Waals surface area contributed by atoms with Gasteiger partial charge in [0.25, 0.3) is 0 Å². The van der Waals surface area contributed by atoms with E-state index in [0.29, 0.717) is 0 Å². The van der Waals surface area contributed by atoms with Gasteiger partial charge in [0.15, 0.2) is 0 Å². The summed E-state index contributed by atoms with van der Waals surface area (Å²) in [5.74, 6) is 0.866. The highest BCUT2D eigenvalue weighted by atomic mass is 35.5. The average molecular weight is 267 g/mol. The Kier molecular flexibility index (Phi) is 4.90. The molecule has 1 heterocycles. The lowest BCUT2D eigenvalue weighted by atomic mass is 10.0. The van der Waals surface area contributed by atoms with Gasteiger partial charge in [0.05, 0.1) is 0 Å². The van der Waals surface area contributed by atoms with Crippen LogP contribution < -0.4 is 10.2 Å². The van der Waals surface area contributed by atoms with E-state index in [1.54, 1.807) is 0 Å². The van der Waals surface area contributed by atoms with E-state index in [2.05, 4.69) is 35.3 Å². The van der Waals surface area contributed by atoms with E-state index >= 15 is 0 Å². The maximum Gasteiger partial charge on any atom is 0.0471 e. The topological polar surface area (TPSA) is 15.3 Å². The second-order valence-corrected chi connectivity index (χ2v) is 5.60. The molecule has 18 heavy (non-hydrogen) atoms. The number of nitrogens with zero attached hydrogens (tertiary/aromatic N) is 1. The maximum absolute atomic E-state index is 6.32. The summed E-state index contributed by atoms with van der Waals surface area (Å²) in [6.45, 7) is 5.46. The Morgan fingerprint density at radius 2 is 2.28 bits per heavy atom. The summed E-state index contributed by atoms with van der Waals surface area (Å²) in [6.07, 6.45) is 3.96. The van der Waals surface area contributed by atoms with Gasteiger partial charge in [0, 0.05) is 30.3 Å². The molecule has 2 rings (SSSR count). The van der Waals surface area contributed by atoms with Crippen molar-refractivity contribution in [2.45, 2.75) is 32.7 Å². The first-order valence-corrected chi connectivity index (χ1v) is 7.30. The molecule has 1 saturated heterocycles. The summed E-state index contributed by atoms with van der Waals surface area (Å²) >= 11 is 6.32. The van der Waals surface area contributed by atoms with Gasteiger partial charge < -0.3 is 10.2 Å². The Morgan fingerprint density at radius 1 is 1.44 bits per heavy atom. The van der Waals surface area contributed by atoms with Crippen LogP contribution in [0.2, 0.25) is 5.02 Å². The lowest BCUT2D eigenvalue weighted by molar-refractivity contribution is 0.530. The third-order valence-corrected chi connectivity index (χ3v) is 4.10. The smallest absolute Gasteiger partial charge is 0.0471 e. The van der Waals surface area contributed by atoms with Crippen molar-refractivity contribution in [3.8, 4) is 0 Å². The molecule has 0 spiro atoms. The highest BCUT2D eigenvalue weighted by Gasteiger charge is 2.22. The Morgan fingerprint density at radius 3 is 2.94 bits per heavy atom. The van der Waals surface area contributed by atoms with Crippen LogP contribution in [0.15, 0.2) is 18.2 Å². The fraction of sp³-hybridized carbons (Fsp3) is 0.600. The van der Waals surface area contributed by atoms with Crippen LogP contribution in [0, 0.1) is 5.92 Å². The van der Waals surface area contributed by atoms with Crippen molar-refractivity contribution in [2.24, 2.45) is 5.92 Å². The Hall–Kier alpha value is -0.730. The van der Waals surface area contributed by atoms with Gasteiger partial charge in [0.2, 0.25) is 0 Å². The van der Waals surface area contributed by atoms with E-state index < -0.39 is 0 Å². The van der Waals surface area contributed by atoms with Gasteiger partial charge >= 0.3 is 0 Å². The molecule has 2 nitrogen and oxygen atoms in total. The van der Waals surface area contributed by atoms with Crippen LogP contribution in [0.3, 0.4) is 0 Å². The van der Waals surface area contributed by atoms with E-state index in [9.17, 15) is 0 Å². The first-order valence-electron chi connectivity index (χ1n) is 6.92. The van der Waals surface area contributed by atoms with Gasteiger partial charge in [-0.25, -0.2) is 0 Å². The monoisotopic (exact) mass is 266 g/mol. The maximum atomic E-state index is 6.32. The summed E-state index contributed by atoms with van der Waals surface area (Å²) in [6, 6.07) is 6.46. The molecule has 1 aromatic rings. The first-order chi connectivity index (χ1) is 8.74. The SMILES string of the molecule is CCCC1CCN(c2ccc(CNC)c(Cl)c2)C1. The van der Waals surface area contributed by atoms with Crippen molar-refractivity contribution in [3.63, 3.8) is 0 Å². The fourth-order valence-corrected chi connectivity index (χ4v) is 3.02. The number of nitrogens with one attached hydrogen (secondary N) is 1. The van der Waals surface area contributed by atoms with Crippen LogP contribution in [0.5, 0.6) is 0 Å².